The number of fused-ring (bicyclic) bond motifs is 1. The van der Waals surface area contributed by atoms with Crippen molar-refractivity contribution in [1.29, 1.82) is 0 Å². The van der Waals surface area contributed by atoms with Gasteiger partial charge < -0.3 is 19.3 Å². The number of carbonyl (C=O) groups is 1. The van der Waals surface area contributed by atoms with E-state index in [0.717, 1.165) is 40.7 Å². The quantitative estimate of drug-likeness (QED) is 0.470. The predicted molar refractivity (Wildman–Crippen MR) is 121 cm³/mol. The Balaban J connectivity index is 1.43. The number of hydrogen-bond acceptors (Lipinski definition) is 6. The van der Waals surface area contributed by atoms with Crippen molar-refractivity contribution in [3.05, 3.63) is 66.0 Å². The zero-order chi connectivity index (χ0) is 22.3. The molecule has 1 saturated carbocycles. The molecule has 7 heteroatoms. The Labute approximate surface area is 185 Å². The fourth-order valence-electron chi connectivity index (χ4n) is 4.00. The number of benzene rings is 2. The van der Waals surface area contributed by atoms with Crippen LogP contribution in [0.15, 0.2) is 59.1 Å². The first-order valence-corrected chi connectivity index (χ1v) is 10.4. The van der Waals surface area contributed by atoms with Crippen molar-refractivity contribution in [2.45, 2.75) is 25.2 Å². The minimum atomic E-state index is -0.684. The largest absolute Gasteiger partial charge is 0.493 e. The van der Waals surface area contributed by atoms with Gasteiger partial charge in [-0.25, -0.2) is 0 Å². The van der Waals surface area contributed by atoms with Gasteiger partial charge in [0, 0.05) is 22.7 Å². The fraction of sp³-hybridized carbons (Fsp3) is 0.240. The van der Waals surface area contributed by atoms with Crippen molar-refractivity contribution in [3.63, 3.8) is 0 Å². The summed E-state index contributed by atoms with van der Waals surface area (Å²) in [5.41, 5.74) is 3.21. The minimum Gasteiger partial charge on any atom is -0.493 e. The highest BCUT2D eigenvalue weighted by Gasteiger charge is 2.54. The third kappa shape index (κ3) is 3.36. The van der Waals surface area contributed by atoms with Crippen LogP contribution in [0.4, 0.5) is 5.69 Å². The summed E-state index contributed by atoms with van der Waals surface area (Å²) < 4.78 is 16.3. The van der Waals surface area contributed by atoms with Crippen molar-refractivity contribution in [1.82, 2.24) is 10.1 Å². The van der Waals surface area contributed by atoms with Crippen LogP contribution in [0.3, 0.4) is 0 Å². The van der Waals surface area contributed by atoms with Crippen LogP contribution in [0.5, 0.6) is 11.5 Å². The molecular weight excluding hydrogens is 406 g/mol. The number of anilines is 1. The number of amides is 1. The summed E-state index contributed by atoms with van der Waals surface area (Å²) in [5, 5.41) is 8.27. The number of hydrogen-bond donors (Lipinski definition) is 1. The number of methoxy groups -OCH3 is 2. The van der Waals surface area contributed by atoms with E-state index in [2.05, 4.69) is 15.5 Å². The Morgan fingerprint density at radius 1 is 1.03 bits per heavy atom. The molecular formula is C25H23N3O4. The summed E-state index contributed by atoms with van der Waals surface area (Å²) in [7, 11) is 3.18. The van der Waals surface area contributed by atoms with E-state index in [-0.39, 0.29) is 5.91 Å². The molecule has 1 aliphatic carbocycles. The first-order valence-electron chi connectivity index (χ1n) is 10.4. The molecule has 2 aromatic carbocycles. The maximum atomic E-state index is 13.3. The summed E-state index contributed by atoms with van der Waals surface area (Å²) >= 11 is 0. The van der Waals surface area contributed by atoms with Crippen LogP contribution < -0.4 is 14.8 Å². The highest BCUT2D eigenvalue weighted by atomic mass is 16.5. The molecule has 162 valence electrons. The number of rotatable bonds is 6. The van der Waals surface area contributed by atoms with Crippen LogP contribution in [-0.2, 0) is 10.2 Å². The van der Waals surface area contributed by atoms with Crippen LogP contribution in [0.25, 0.3) is 22.2 Å². The van der Waals surface area contributed by atoms with Gasteiger partial charge in [-0.3, -0.25) is 9.78 Å². The summed E-state index contributed by atoms with van der Waals surface area (Å²) in [6.07, 6.45) is 1.44. The van der Waals surface area contributed by atoms with E-state index in [0.29, 0.717) is 23.0 Å². The molecule has 2 heterocycles. The maximum absolute atomic E-state index is 13.3. The number of ether oxygens (including phenoxy) is 2. The van der Waals surface area contributed by atoms with Gasteiger partial charge in [-0.2, -0.15) is 0 Å². The van der Waals surface area contributed by atoms with Crippen molar-refractivity contribution in [2.75, 3.05) is 19.5 Å². The lowest BCUT2D eigenvalue weighted by molar-refractivity contribution is -0.118. The zero-order valence-electron chi connectivity index (χ0n) is 18.1. The number of para-hydroxylation sites is 1. The number of carbonyl (C=O) groups excluding carboxylic acids is 1. The van der Waals surface area contributed by atoms with Gasteiger partial charge in [-0.05, 0) is 50.1 Å². The molecule has 32 heavy (non-hydrogen) atoms. The lowest BCUT2D eigenvalue weighted by Crippen LogP contribution is -2.28. The molecule has 1 N–H and O–H groups in total. The second-order valence-corrected chi connectivity index (χ2v) is 8.01. The van der Waals surface area contributed by atoms with Crippen molar-refractivity contribution in [2.24, 2.45) is 0 Å². The Bertz CT molecular complexity index is 1320. The van der Waals surface area contributed by atoms with Crippen LogP contribution in [0.1, 0.15) is 24.2 Å². The molecule has 4 aromatic rings. The summed E-state index contributed by atoms with van der Waals surface area (Å²) in [4.78, 5) is 17.9. The average molecular weight is 429 g/mol. The number of aromatic nitrogens is 2. The molecule has 0 unspecified atom stereocenters. The Morgan fingerprint density at radius 2 is 1.81 bits per heavy atom. The molecule has 7 nitrogen and oxygen atoms in total. The normalized spacial score (nSPS) is 14.2. The summed E-state index contributed by atoms with van der Waals surface area (Å²) in [6.45, 7) is 1.92. The van der Waals surface area contributed by atoms with Gasteiger partial charge in [0.15, 0.2) is 17.3 Å². The van der Waals surface area contributed by atoms with Crippen LogP contribution in [0.2, 0.25) is 0 Å². The standard InChI is InChI=1S/C25H23N3O4/c1-15-12-19(17-6-4-5-7-18(17)26-15)27-24(29)25(10-11-25)23-14-21(32-28-23)16-8-9-20(30-2)22(13-16)31-3/h4-9,12-14H,10-11H2,1-3H3,(H,26,27,29). The molecule has 2 aromatic heterocycles. The molecule has 0 spiro atoms. The third-order valence-electron chi connectivity index (χ3n) is 5.95. The van der Waals surface area contributed by atoms with E-state index in [1.54, 1.807) is 14.2 Å². The maximum Gasteiger partial charge on any atom is 0.236 e. The van der Waals surface area contributed by atoms with Gasteiger partial charge >= 0.3 is 0 Å². The minimum absolute atomic E-state index is 0.0829. The monoisotopic (exact) mass is 429 g/mol. The molecule has 0 aliphatic heterocycles. The van der Waals surface area contributed by atoms with E-state index < -0.39 is 5.41 Å². The number of nitrogens with one attached hydrogen (secondary N) is 1. The lowest BCUT2D eigenvalue weighted by atomic mass is 9.99. The summed E-state index contributed by atoms with van der Waals surface area (Å²) in [6, 6.07) is 17.0. The molecule has 5 rings (SSSR count). The number of nitrogens with zero attached hydrogens (tertiary/aromatic N) is 2. The average Bonchev–Trinajstić information content (AvgIpc) is 3.48. The van der Waals surface area contributed by atoms with E-state index in [1.807, 2.05) is 61.5 Å². The smallest absolute Gasteiger partial charge is 0.236 e. The van der Waals surface area contributed by atoms with Crippen molar-refractivity contribution in [3.8, 4) is 22.8 Å². The van der Waals surface area contributed by atoms with Crippen molar-refractivity contribution >= 4 is 22.5 Å². The number of pyridine rings is 1. The van der Waals surface area contributed by atoms with E-state index >= 15 is 0 Å². The second kappa shape index (κ2) is 7.67. The van der Waals surface area contributed by atoms with E-state index in [1.165, 1.54) is 0 Å². The van der Waals surface area contributed by atoms with Gasteiger partial charge in [-0.15, -0.1) is 0 Å². The van der Waals surface area contributed by atoms with Crippen molar-refractivity contribution < 1.29 is 18.8 Å². The first-order chi connectivity index (χ1) is 15.5. The van der Waals surface area contributed by atoms with Crippen LogP contribution in [-0.4, -0.2) is 30.3 Å². The molecule has 0 saturated heterocycles. The second-order valence-electron chi connectivity index (χ2n) is 8.01. The number of aryl methyl sites for hydroxylation is 1. The molecule has 0 bridgehead atoms. The van der Waals surface area contributed by atoms with E-state index in [4.69, 9.17) is 14.0 Å². The Morgan fingerprint density at radius 3 is 2.56 bits per heavy atom. The van der Waals surface area contributed by atoms with Crippen LogP contribution >= 0.6 is 0 Å². The fourth-order valence-corrected chi connectivity index (χ4v) is 4.00. The highest BCUT2D eigenvalue weighted by Crippen LogP contribution is 2.49. The van der Waals surface area contributed by atoms with Gasteiger partial charge in [0.25, 0.3) is 0 Å². The summed E-state index contributed by atoms with van der Waals surface area (Å²) in [5.74, 6) is 1.72. The topological polar surface area (TPSA) is 86.5 Å². The van der Waals surface area contributed by atoms with Gasteiger partial charge in [0.1, 0.15) is 0 Å². The molecule has 1 aliphatic rings. The van der Waals surface area contributed by atoms with Gasteiger partial charge in [0.05, 0.1) is 36.5 Å². The molecule has 0 atom stereocenters. The van der Waals surface area contributed by atoms with E-state index in [9.17, 15) is 4.79 Å². The van der Waals surface area contributed by atoms with Gasteiger partial charge in [-0.1, -0.05) is 23.4 Å². The highest BCUT2D eigenvalue weighted by molar-refractivity contribution is 6.06. The van der Waals surface area contributed by atoms with Gasteiger partial charge in [0.2, 0.25) is 5.91 Å². The predicted octanol–water partition coefficient (Wildman–Crippen LogP) is 4.89. The Hall–Kier alpha value is -3.87. The zero-order valence-corrected chi connectivity index (χ0v) is 18.1. The third-order valence-corrected chi connectivity index (χ3v) is 5.95. The lowest BCUT2D eigenvalue weighted by Gasteiger charge is -2.14. The molecule has 1 fully saturated rings. The first kappa shape index (κ1) is 20.1. The SMILES string of the molecule is COc1ccc(-c2cc(C3(C(=O)Nc4cc(C)nc5ccccc45)CC3)no2)cc1OC. The molecule has 0 radical (unpaired) electrons. The Kier molecular flexibility index (Phi) is 4.81. The molecule has 1 amide bonds. The van der Waals surface area contributed by atoms with Crippen LogP contribution in [0, 0.1) is 6.92 Å².